The van der Waals surface area contributed by atoms with Crippen molar-refractivity contribution in [2.75, 3.05) is 13.3 Å². The number of ether oxygens (including phenoxy) is 2. The maximum absolute atomic E-state index is 12.4. The summed E-state index contributed by atoms with van der Waals surface area (Å²) in [5.41, 5.74) is 1.36. The summed E-state index contributed by atoms with van der Waals surface area (Å²) >= 11 is 0. The van der Waals surface area contributed by atoms with Crippen molar-refractivity contribution in [2.45, 2.75) is 17.9 Å². The Kier molecular flexibility index (Phi) is 4.17. The topological polar surface area (TPSA) is 102 Å². The normalized spacial score (nSPS) is 13.4. The van der Waals surface area contributed by atoms with E-state index in [9.17, 15) is 13.2 Å². The molecule has 0 unspecified atom stereocenters. The molecule has 0 radical (unpaired) electrons. The third-order valence-electron chi connectivity index (χ3n) is 4.19. The molecule has 2 N–H and O–H groups in total. The molecule has 0 saturated carbocycles. The predicted molar refractivity (Wildman–Crippen MR) is 94.9 cm³/mol. The van der Waals surface area contributed by atoms with Crippen molar-refractivity contribution in [3.05, 3.63) is 52.9 Å². The molecular formula is C17H17N3O5S. The maximum Gasteiger partial charge on any atom is 0.326 e. The highest BCUT2D eigenvalue weighted by molar-refractivity contribution is 7.89. The van der Waals surface area contributed by atoms with Gasteiger partial charge in [0.1, 0.15) is 0 Å². The van der Waals surface area contributed by atoms with Gasteiger partial charge in [0.15, 0.2) is 11.5 Å². The molecule has 1 aliphatic heterocycles. The van der Waals surface area contributed by atoms with E-state index in [4.69, 9.17) is 9.47 Å². The van der Waals surface area contributed by atoms with Crippen LogP contribution in [-0.2, 0) is 16.6 Å². The van der Waals surface area contributed by atoms with Gasteiger partial charge in [-0.15, -0.1) is 0 Å². The monoisotopic (exact) mass is 375 g/mol. The summed E-state index contributed by atoms with van der Waals surface area (Å²) in [6, 6.07) is 11.9. The van der Waals surface area contributed by atoms with Gasteiger partial charge in [-0.25, -0.2) is 17.9 Å². The SMILES string of the molecule is O=c1[nH]c2ccccc2n1CCCNS(=O)(=O)c1ccc2c(c1)OCO2. The van der Waals surface area contributed by atoms with E-state index in [1.807, 2.05) is 24.3 Å². The van der Waals surface area contributed by atoms with Gasteiger partial charge in [0.05, 0.1) is 15.9 Å². The number of rotatable bonds is 6. The zero-order chi connectivity index (χ0) is 18.1. The highest BCUT2D eigenvalue weighted by Gasteiger charge is 2.19. The van der Waals surface area contributed by atoms with E-state index >= 15 is 0 Å². The number of nitrogens with zero attached hydrogens (tertiary/aromatic N) is 1. The van der Waals surface area contributed by atoms with Crippen molar-refractivity contribution in [2.24, 2.45) is 0 Å². The number of hydrogen-bond acceptors (Lipinski definition) is 5. The number of para-hydroxylation sites is 2. The van der Waals surface area contributed by atoms with Crippen molar-refractivity contribution in [3.63, 3.8) is 0 Å². The van der Waals surface area contributed by atoms with Crippen molar-refractivity contribution < 1.29 is 17.9 Å². The predicted octanol–water partition coefficient (Wildman–Crippen LogP) is 1.43. The Morgan fingerprint density at radius 2 is 1.92 bits per heavy atom. The summed E-state index contributed by atoms with van der Waals surface area (Å²) in [5, 5.41) is 0. The fourth-order valence-electron chi connectivity index (χ4n) is 2.90. The van der Waals surface area contributed by atoms with E-state index in [0.717, 1.165) is 11.0 Å². The van der Waals surface area contributed by atoms with Gasteiger partial charge < -0.3 is 14.5 Å². The van der Waals surface area contributed by atoms with E-state index in [1.54, 1.807) is 10.6 Å². The summed E-state index contributed by atoms with van der Waals surface area (Å²) in [6.07, 6.45) is 0.478. The number of aromatic nitrogens is 2. The standard InChI is InChI=1S/C17H17N3O5S/c21-17-19-13-4-1-2-5-14(13)20(17)9-3-8-18-26(22,23)12-6-7-15-16(10-12)25-11-24-15/h1-2,4-7,10,18H,3,8-9,11H2,(H,19,21). The van der Waals surface area contributed by atoms with Crippen LogP contribution in [0.4, 0.5) is 0 Å². The Balaban J connectivity index is 1.41. The third-order valence-corrected chi connectivity index (χ3v) is 5.65. The second-order valence-electron chi connectivity index (χ2n) is 5.87. The van der Waals surface area contributed by atoms with Gasteiger partial charge in [-0.2, -0.15) is 0 Å². The van der Waals surface area contributed by atoms with Crippen LogP contribution in [0.25, 0.3) is 11.0 Å². The number of benzene rings is 2. The molecule has 0 fully saturated rings. The van der Waals surface area contributed by atoms with Crippen LogP contribution in [0.2, 0.25) is 0 Å². The fourth-order valence-corrected chi connectivity index (χ4v) is 3.99. The fraction of sp³-hybridized carbons (Fsp3) is 0.235. The average molecular weight is 375 g/mol. The van der Waals surface area contributed by atoms with Crippen molar-refractivity contribution in [1.29, 1.82) is 0 Å². The summed E-state index contributed by atoms with van der Waals surface area (Å²) in [7, 11) is -3.66. The minimum Gasteiger partial charge on any atom is -0.454 e. The smallest absolute Gasteiger partial charge is 0.326 e. The minimum atomic E-state index is -3.66. The Bertz CT molecular complexity index is 1120. The average Bonchev–Trinajstić information content (AvgIpc) is 3.22. The number of aryl methyl sites for hydroxylation is 1. The van der Waals surface area contributed by atoms with Crippen LogP contribution in [0.1, 0.15) is 6.42 Å². The molecular weight excluding hydrogens is 358 g/mol. The molecule has 0 amide bonds. The first-order chi connectivity index (χ1) is 12.5. The lowest BCUT2D eigenvalue weighted by Crippen LogP contribution is -2.26. The quantitative estimate of drug-likeness (QED) is 0.635. The number of hydrogen-bond donors (Lipinski definition) is 2. The molecule has 0 bridgehead atoms. The Labute approximate surface area is 149 Å². The molecule has 26 heavy (non-hydrogen) atoms. The highest BCUT2D eigenvalue weighted by Crippen LogP contribution is 2.33. The first-order valence-electron chi connectivity index (χ1n) is 8.11. The van der Waals surface area contributed by atoms with Crippen LogP contribution in [0.15, 0.2) is 52.2 Å². The van der Waals surface area contributed by atoms with Crippen LogP contribution in [0.5, 0.6) is 11.5 Å². The van der Waals surface area contributed by atoms with Crippen molar-refractivity contribution in [3.8, 4) is 11.5 Å². The molecule has 2 aromatic carbocycles. The Morgan fingerprint density at radius 3 is 2.81 bits per heavy atom. The number of sulfonamides is 1. The molecule has 3 aromatic rings. The maximum atomic E-state index is 12.4. The number of imidazole rings is 1. The molecule has 1 aromatic heterocycles. The summed E-state index contributed by atoms with van der Waals surface area (Å²) in [6.45, 7) is 0.709. The van der Waals surface area contributed by atoms with Crippen LogP contribution >= 0.6 is 0 Å². The molecule has 4 rings (SSSR count). The van der Waals surface area contributed by atoms with Crippen LogP contribution in [0.3, 0.4) is 0 Å². The first-order valence-corrected chi connectivity index (χ1v) is 9.60. The number of H-pyrrole nitrogens is 1. The second-order valence-corrected chi connectivity index (χ2v) is 7.63. The first kappa shape index (κ1) is 16.7. The summed E-state index contributed by atoms with van der Waals surface area (Å²) in [4.78, 5) is 14.9. The molecule has 1 aliphatic rings. The molecule has 9 heteroatoms. The van der Waals surface area contributed by atoms with Crippen LogP contribution in [-0.4, -0.2) is 31.3 Å². The van der Waals surface area contributed by atoms with E-state index in [0.29, 0.717) is 24.5 Å². The molecule has 2 heterocycles. The molecule has 0 aliphatic carbocycles. The third kappa shape index (κ3) is 3.06. The number of aromatic amines is 1. The van der Waals surface area contributed by atoms with E-state index in [1.165, 1.54) is 12.1 Å². The lowest BCUT2D eigenvalue weighted by molar-refractivity contribution is 0.174. The molecule has 0 atom stereocenters. The van der Waals surface area contributed by atoms with E-state index in [-0.39, 0.29) is 23.9 Å². The lowest BCUT2D eigenvalue weighted by Gasteiger charge is -2.08. The summed E-state index contributed by atoms with van der Waals surface area (Å²) < 4.78 is 39.3. The molecule has 0 spiro atoms. The molecule has 0 saturated heterocycles. The van der Waals surface area contributed by atoms with Gasteiger partial charge in [0, 0.05) is 19.2 Å². The van der Waals surface area contributed by atoms with Gasteiger partial charge in [0.25, 0.3) is 0 Å². The Hall–Kier alpha value is -2.78. The van der Waals surface area contributed by atoms with Gasteiger partial charge in [-0.1, -0.05) is 12.1 Å². The second kappa shape index (κ2) is 6.50. The molecule has 8 nitrogen and oxygen atoms in total. The van der Waals surface area contributed by atoms with Crippen LogP contribution < -0.4 is 19.9 Å². The minimum absolute atomic E-state index is 0.0889. The number of fused-ring (bicyclic) bond motifs is 2. The zero-order valence-corrected chi connectivity index (χ0v) is 14.6. The summed E-state index contributed by atoms with van der Waals surface area (Å²) in [5.74, 6) is 0.945. The largest absolute Gasteiger partial charge is 0.454 e. The zero-order valence-electron chi connectivity index (χ0n) is 13.8. The Morgan fingerprint density at radius 1 is 1.12 bits per heavy atom. The van der Waals surface area contributed by atoms with Gasteiger partial charge in [-0.3, -0.25) is 4.57 Å². The highest BCUT2D eigenvalue weighted by atomic mass is 32.2. The van der Waals surface area contributed by atoms with E-state index < -0.39 is 10.0 Å². The van der Waals surface area contributed by atoms with Crippen LogP contribution in [0, 0.1) is 0 Å². The van der Waals surface area contributed by atoms with Crippen molar-refractivity contribution in [1.82, 2.24) is 14.3 Å². The van der Waals surface area contributed by atoms with E-state index in [2.05, 4.69) is 9.71 Å². The lowest BCUT2D eigenvalue weighted by atomic mass is 10.3. The van der Waals surface area contributed by atoms with Gasteiger partial charge in [-0.05, 0) is 30.7 Å². The molecule has 136 valence electrons. The van der Waals surface area contributed by atoms with Gasteiger partial charge in [0.2, 0.25) is 16.8 Å². The van der Waals surface area contributed by atoms with Crippen molar-refractivity contribution >= 4 is 21.1 Å². The number of nitrogens with one attached hydrogen (secondary N) is 2. The van der Waals surface area contributed by atoms with Gasteiger partial charge >= 0.3 is 5.69 Å².